The van der Waals surface area contributed by atoms with Crippen LogP contribution in [0.3, 0.4) is 0 Å². The van der Waals surface area contributed by atoms with E-state index in [4.69, 9.17) is 0 Å². The fraction of sp³-hybridized carbons (Fsp3) is 0.250. The SMILES string of the molecule is Cc1nc2ccccc2nc1CN1C(=O)C(F)(F)c2c([C@H](C)O)cccc21. The number of carbonyl (C=O) groups is 1. The van der Waals surface area contributed by atoms with Gasteiger partial charge in [-0.15, -0.1) is 0 Å². The Morgan fingerprint density at radius 1 is 1.11 bits per heavy atom. The lowest BCUT2D eigenvalue weighted by molar-refractivity contribution is -0.141. The number of hydrogen-bond donors (Lipinski definition) is 1. The zero-order chi connectivity index (χ0) is 19.3. The van der Waals surface area contributed by atoms with Crippen molar-refractivity contribution in [3.05, 3.63) is 65.0 Å². The summed E-state index contributed by atoms with van der Waals surface area (Å²) in [6, 6.07) is 11.7. The lowest BCUT2D eigenvalue weighted by Crippen LogP contribution is -2.34. The molecule has 0 fully saturated rings. The van der Waals surface area contributed by atoms with E-state index in [2.05, 4.69) is 9.97 Å². The van der Waals surface area contributed by atoms with E-state index in [1.807, 2.05) is 18.2 Å². The lowest BCUT2D eigenvalue weighted by Gasteiger charge is -2.18. The van der Waals surface area contributed by atoms with Crippen LogP contribution in [0.1, 0.15) is 35.5 Å². The van der Waals surface area contributed by atoms with Crippen LogP contribution in [0.4, 0.5) is 14.5 Å². The van der Waals surface area contributed by atoms with Gasteiger partial charge >= 0.3 is 11.8 Å². The van der Waals surface area contributed by atoms with Crippen LogP contribution in [0.15, 0.2) is 42.5 Å². The first-order valence-corrected chi connectivity index (χ1v) is 8.54. The molecular weight excluding hydrogens is 352 g/mol. The van der Waals surface area contributed by atoms with Gasteiger partial charge in [0.2, 0.25) is 0 Å². The molecule has 138 valence electrons. The number of aliphatic hydroxyl groups is 1. The number of alkyl halides is 2. The topological polar surface area (TPSA) is 66.3 Å². The van der Waals surface area contributed by atoms with Crippen molar-refractivity contribution < 1.29 is 18.7 Å². The third-order valence-electron chi connectivity index (χ3n) is 4.79. The van der Waals surface area contributed by atoms with Gasteiger partial charge in [0.1, 0.15) is 0 Å². The maximum absolute atomic E-state index is 14.7. The number of para-hydroxylation sites is 2. The van der Waals surface area contributed by atoms with Crippen LogP contribution in [-0.2, 0) is 17.3 Å². The Kier molecular flexibility index (Phi) is 3.92. The van der Waals surface area contributed by atoms with Gasteiger partial charge in [-0.3, -0.25) is 4.79 Å². The molecule has 3 aromatic rings. The molecule has 0 bridgehead atoms. The predicted molar refractivity (Wildman–Crippen MR) is 96.4 cm³/mol. The molecule has 0 saturated carbocycles. The lowest BCUT2D eigenvalue weighted by atomic mass is 9.98. The molecule has 7 heteroatoms. The smallest absolute Gasteiger partial charge is 0.352 e. The number of carbonyl (C=O) groups excluding carboxylic acids is 1. The number of nitrogens with zero attached hydrogens (tertiary/aromatic N) is 3. The van der Waals surface area contributed by atoms with Crippen LogP contribution >= 0.6 is 0 Å². The first-order chi connectivity index (χ1) is 12.8. The summed E-state index contributed by atoms with van der Waals surface area (Å²) in [7, 11) is 0. The minimum Gasteiger partial charge on any atom is -0.389 e. The zero-order valence-electron chi connectivity index (χ0n) is 14.8. The second-order valence-electron chi connectivity index (χ2n) is 6.63. The zero-order valence-corrected chi connectivity index (χ0v) is 14.8. The molecule has 0 saturated heterocycles. The third kappa shape index (κ3) is 2.66. The van der Waals surface area contributed by atoms with Gasteiger partial charge in [-0.1, -0.05) is 24.3 Å². The molecule has 2 aromatic carbocycles. The van der Waals surface area contributed by atoms with Crippen molar-refractivity contribution in [3.8, 4) is 0 Å². The van der Waals surface area contributed by atoms with Crippen LogP contribution < -0.4 is 4.90 Å². The van der Waals surface area contributed by atoms with E-state index in [0.717, 1.165) is 4.90 Å². The number of hydrogen-bond acceptors (Lipinski definition) is 4. The number of anilines is 1. The summed E-state index contributed by atoms with van der Waals surface area (Å²) in [6.45, 7) is 3.02. The Balaban J connectivity index is 1.82. The normalized spacial score (nSPS) is 16.6. The Morgan fingerprint density at radius 3 is 2.44 bits per heavy atom. The van der Waals surface area contributed by atoms with Crippen molar-refractivity contribution in [2.45, 2.75) is 32.4 Å². The second kappa shape index (κ2) is 6.06. The van der Waals surface area contributed by atoms with Crippen LogP contribution in [-0.4, -0.2) is 21.0 Å². The minimum atomic E-state index is -3.69. The van der Waals surface area contributed by atoms with E-state index in [-0.39, 0.29) is 17.8 Å². The van der Waals surface area contributed by atoms with E-state index in [1.165, 1.54) is 19.1 Å². The second-order valence-corrected chi connectivity index (χ2v) is 6.63. The van der Waals surface area contributed by atoms with Crippen molar-refractivity contribution in [1.29, 1.82) is 0 Å². The van der Waals surface area contributed by atoms with Gasteiger partial charge < -0.3 is 10.0 Å². The Labute approximate surface area is 154 Å². The molecule has 0 spiro atoms. The van der Waals surface area contributed by atoms with E-state index < -0.39 is 23.5 Å². The number of halogens is 2. The van der Waals surface area contributed by atoms with Gasteiger partial charge in [-0.2, -0.15) is 8.78 Å². The molecular formula is C20H17F2N3O2. The number of fused-ring (bicyclic) bond motifs is 2. The number of aromatic nitrogens is 2. The van der Waals surface area contributed by atoms with Gasteiger partial charge in [0.25, 0.3) is 0 Å². The molecule has 1 N–H and O–H groups in total. The maximum atomic E-state index is 14.7. The minimum absolute atomic E-state index is 0.0506. The summed E-state index contributed by atoms with van der Waals surface area (Å²) in [5, 5.41) is 9.86. The monoisotopic (exact) mass is 369 g/mol. The summed E-state index contributed by atoms with van der Waals surface area (Å²) in [5.74, 6) is -5.01. The standard InChI is InChI=1S/C20H17F2N3O2/c1-11-16(24-15-8-4-3-7-14(15)23-11)10-25-17-9-5-6-13(12(2)26)18(17)20(21,22)19(25)27/h3-9,12,26H,10H2,1-2H3/t12-/m0/s1. The largest absolute Gasteiger partial charge is 0.389 e. The summed E-state index contributed by atoms with van der Waals surface area (Å²) in [4.78, 5) is 22.5. The number of aryl methyl sites for hydroxylation is 1. The highest BCUT2D eigenvalue weighted by Crippen LogP contribution is 2.47. The van der Waals surface area contributed by atoms with Crippen molar-refractivity contribution in [2.75, 3.05) is 4.90 Å². The highest BCUT2D eigenvalue weighted by atomic mass is 19.3. The summed E-state index contributed by atoms with van der Waals surface area (Å²) >= 11 is 0. The molecule has 1 aliphatic rings. The predicted octanol–water partition coefficient (Wildman–Crippen LogP) is 3.63. The van der Waals surface area contributed by atoms with Crippen molar-refractivity contribution in [3.63, 3.8) is 0 Å². The number of amides is 1. The molecule has 4 rings (SSSR count). The molecule has 5 nitrogen and oxygen atoms in total. The van der Waals surface area contributed by atoms with Crippen molar-refractivity contribution in [1.82, 2.24) is 9.97 Å². The summed E-state index contributed by atoms with van der Waals surface area (Å²) < 4.78 is 29.4. The molecule has 0 radical (unpaired) electrons. The third-order valence-corrected chi connectivity index (χ3v) is 4.79. The van der Waals surface area contributed by atoms with Crippen molar-refractivity contribution >= 4 is 22.6 Å². The first kappa shape index (κ1) is 17.5. The number of aliphatic hydroxyl groups excluding tert-OH is 1. The maximum Gasteiger partial charge on any atom is 0.352 e. The van der Waals surface area contributed by atoms with Crippen LogP contribution in [0.5, 0.6) is 0 Å². The van der Waals surface area contributed by atoms with Crippen LogP contribution in [0.2, 0.25) is 0 Å². The van der Waals surface area contributed by atoms with E-state index in [1.54, 1.807) is 19.1 Å². The summed E-state index contributed by atoms with van der Waals surface area (Å²) in [5.41, 5.74) is 2.07. The van der Waals surface area contributed by atoms with Gasteiger partial charge in [-0.25, -0.2) is 9.97 Å². The molecule has 1 aromatic heterocycles. The van der Waals surface area contributed by atoms with Crippen LogP contribution in [0.25, 0.3) is 11.0 Å². The Morgan fingerprint density at radius 2 is 1.78 bits per heavy atom. The average molecular weight is 369 g/mol. The molecule has 1 aliphatic heterocycles. The van der Waals surface area contributed by atoms with E-state index >= 15 is 0 Å². The average Bonchev–Trinajstić information content (AvgIpc) is 2.83. The molecule has 0 unspecified atom stereocenters. The number of benzene rings is 2. The highest BCUT2D eigenvalue weighted by molar-refractivity contribution is 6.06. The molecule has 2 heterocycles. The molecule has 1 atom stereocenters. The summed E-state index contributed by atoms with van der Waals surface area (Å²) in [6.07, 6.45) is -1.11. The quantitative estimate of drug-likeness (QED) is 0.766. The van der Waals surface area contributed by atoms with Gasteiger partial charge in [-0.05, 0) is 37.6 Å². The van der Waals surface area contributed by atoms with E-state index in [9.17, 15) is 18.7 Å². The first-order valence-electron chi connectivity index (χ1n) is 8.54. The highest BCUT2D eigenvalue weighted by Gasteiger charge is 2.54. The number of rotatable bonds is 3. The van der Waals surface area contributed by atoms with Gasteiger partial charge in [0.05, 0.1) is 46.3 Å². The van der Waals surface area contributed by atoms with Crippen molar-refractivity contribution in [2.24, 2.45) is 0 Å². The molecule has 0 aliphatic carbocycles. The Hall–Kier alpha value is -2.93. The molecule has 27 heavy (non-hydrogen) atoms. The molecule has 1 amide bonds. The van der Waals surface area contributed by atoms with E-state index in [0.29, 0.717) is 22.4 Å². The Bertz CT molecular complexity index is 1070. The van der Waals surface area contributed by atoms with Crippen LogP contribution in [0, 0.1) is 6.92 Å². The fourth-order valence-corrected chi connectivity index (χ4v) is 3.44. The fourth-order valence-electron chi connectivity index (χ4n) is 3.44. The van der Waals surface area contributed by atoms with Gasteiger partial charge in [0, 0.05) is 0 Å². The van der Waals surface area contributed by atoms with Gasteiger partial charge in [0.15, 0.2) is 0 Å².